The monoisotopic (exact) mass is 291 g/mol. The molecule has 0 fully saturated rings. The summed E-state index contributed by atoms with van der Waals surface area (Å²) in [5.74, 6) is 1.35. The van der Waals surface area contributed by atoms with E-state index in [9.17, 15) is 0 Å². The minimum Gasteiger partial charge on any atom is -0.366 e. The molecule has 0 atom stereocenters. The van der Waals surface area contributed by atoms with Crippen LogP contribution in [0.1, 0.15) is 11.1 Å². The van der Waals surface area contributed by atoms with Crippen molar-refractivity contribution in [1.29, 1.82) is 0 Å². The van der Waals surface area contributed by atoms with Gasteiger partial charge >= 0.3 is 0 Å². The van der Waals surface area contributed by atoms with Gasteiger partial charge in [0, 0.05) is 30.8 Å². The molecule has 110 valence electrons. The Balaban J connectivity index is 1.69. The van der Waals surface area contributed by atoms with Crippen molar-refractivity contribution >= 4 is 17.5 Å². The lowest BCUT2D eigenvalue weighted by Crippen LogP contribution is -2.04. The van der Waals surface area contributed by atoms with E-state index in [1.165, 1.54) is 0 Å². The molecule has 0 radical (unpaired) electrons. The molecular formula is C17H17N5. The first-order valence-corrected chi connectivity index (χ1v) is 7.10. The molecule has 0 aliphatic heterocycles. The van der Waals surface area contributed by atoms with Crippen LogP contribution in [0.15, 0.2) is 61.1 Å². The molecule has 22 heavy (non-hydrogen) atoms. The smallest absolute Gasteiger partial charge is 0.229 e. The van der Waals surface area contributed by atoms with Crippen molar-refractivity contribution < 1.29 is 0 Å². The average molecular weight is 291 g/mol. The van der Waals surface area contributed by atoms with Crippen LogP contribution in [0, 0.1) is 6.92 Å². The number of benzene rings is 1. The van der Waals surface area contributed by atoms with Crippen molar-refractivity contribution in [2.24, 2.45) is 0 Å². The SMILES string of the molecule is Cc1ccccc1Nc1nccc(NCc2cccnc2)n1. The molecule has 3 rings (SSSR count). The van der Waals surface area contributed by atoms with Crippen molar-refractivity contribution in [2.75, 3.05) is 10.6 Å². The van der Waals surface area contributed by atoms with E-state index in [-0.39, 0.29) is 0 Å². The van der Waals surface area contributed by atoms with Crippen LogP contribution in [0.2, 0.25) is 0 Å². The Morgan fingerprint density at radius 2 is 1.91 bits per heavy atom. The topological polar surface area (TPSA) is 62.7 Å². The minimum atomic E-state index is 0.575. The highest BCUT2D eigenvalue weighted by molar-refractivity contribution is 5.58. The molecule has 5 heteroatoms. The third-order valence-electron chi connectivity index (χ3n) is 3.24. The van der Waals surface area contributed by atoms with Gasteiger partial charge in [-0.05, 0) is 36.2 Å². The predicted octanol–water partition coefficient (Wildman–Crippen LogP) is 3.54. The lowest BCUT2D eigenvalue weighted by atomic mass is 10.2. The van der Waals surface area contributed by atoms with Crippen LogP contribution >= 0.6 is 0 Å². The van der Waals surface area contributed by atoms with Gasteiger partial charge in [-0.15, -0.1) is 0 Å². The number of para-hydroxylation sites is 1. The van der Waals surface area contributed by atoms with E-state index in [0.29, 0.717) is 12.5 Å². The van der Waals surface area contributed by atoms with Crippen LogP contribution in [-0.2, 0) is 6.54 Å². The average Bonchev–Trinajstić information content (AvgIpc) is 2.57. The summed E-state index contributed by atoms with van der Waals surface area (Å²) in [6.45, 7) is 2.72. The van der Waals surface area contributed by atoms with E-state index in [1.807, 2.05) is 55.6 Å². The molecule has 0 saturated heterocycles. The Kier molecular flexibility index (Phi) is 4.25. The standard InChI is InChI=1S/C17H17N5/c1-13-5-2-3-7-15(13)21-17-19-10-8-16(22-17)20-12-14-6-4-9-18-11-14/h2-11H,12H2,1H3,(H2,19,20,21,22). The summed E-state index contributed by atoms with van der Waals surface area (Å²) in [6, 6.07) is 13.8. The fourth-order valence-electron chi connectivity index (χ4n) is 2.05. The number of hydrogen-bond donors (Lipinski definition) is 2. The summed E-state index contributed by atoms with van der Waals surface area (Å²) in [7, 11) is 0. The first-order chi connectivity index (χ1) is 10.8. The molecule has 1 aromatic carbocycles. The van der Waals surface area contributed by atoms with Gasteiger partial charge in [-0.3, -0.25) is 4.98 Å². The molecule has 3 aromatic rings. The van der Waals surface area contributed by atoms with Crippen LogP contribution in [0.25, 0.3) is 0 Å². The number of nitrogens with one attached hydrogen (secondary N) is 2. The lowest BCUT2D eigenvalue weighted by Gasteiger charge is -2.10. The Bertz CT molecular complexity index is 743. The van der Waals surface area contributed by atoms with Gasteiger partial charge < -0.3 is 10.6 Å². The molecule has 2 aromatic heterocycles. The number of hydrogen-bond acceptors (Lipinski definition) is 5. The lowest BCUT2D eigenvalue weighted by molar-refractivity contribution is 1.07. The van der Waals surface area contributed by atoms with Crippen LogP contribution in [0.3, 0.4) is 0 Å². The van der Waals surface area contributed by atoms with Gasteiger partial charge in [0.05, 0.1) is 0 Å². The third-order valence-corrected chi connectivity index (χ3v) is 3.24. The van der Waals surface area contributed by atoms with Gasteiger partial charge in [0.1, 0.15) is 5.82 Å². The molecule has 0 amide bonds. The van der Waals surface area contributed by atoms with E-state index in [4.69, 9.17) is 0 Å². The second-order valence-corrected chi connectivity index (χ2v) is 4.92. The number of aromatic nitrogens is 3. The number of nitrogens with zero attached hydrogens (tertiary/aromatic N) is 3. The molecule has 5 nitrogen and oxygen atoms in total. The Morgan fingerprint density at radius 3 is 2.73 bits per heavy atom. The molecule has 0 bridgehead atoms. The van der Waals surface area contributed by atoms with Gasteiger partial charge in [-0.25, -0.2) is 4.98 Å². The van der Waals surface area contributed by atoms with Crippen LogP contribution in [0.4, 0.5) is 17.5 Å². The van der Waals surface area contributed by atoms with Crippen molar-refractivity contribution in [2.45, 2.75) is 13.5 Å². The highest BCUT2D eigenvalue weighted by atomic mass is 15.1. The molecule has 2 N–H and O–H groups in total. The van der Waals surface area contributed by atoms with Gasteiger partial charge in [0.2, 0.25) is 5.95 Å². The van der Waals surface area contributed by atoms with Gasteiger partial charge in [-0.1, -0.05) is 24.3 Å². The molecule has 0 saturated carbocycles. The molecule has 0 spiro atoms. The van der Waals surface area contributed by atoms with Gasteiger partial charge in [-0.2, -0.15) is 4.98 Å². The zero-order valence-corrected chi connectivity index (χ0v) is 12.3. The number of anilines is 3. The number of aryl methyl sites for hydroxylation is 1. The summed E-state index contributed by atoms with van der Waals surface area (Å²) in [5.41, 5.74) is 3.27. The second-order valence-electron chi connectivity index (χ2n) is 4.92. The Morgan fingerprint density at radius 1 is 1.00 bits per heavy atom. The van der Waals surface area contributed by atoms with E-state index in [0.717, 1.165) is 22.6 Å². The fraction of sp³-hybridized carbons (Fsp3) is 0.118. The summed E-state index contributed by atoms with van der Waals surface area (Å²) in [4.78, 5) is 12.8. The summed E-state index contributed by atoms with van der Waals surface area (Å²) >= 11 is 0. The largest absolute Gasteiger partial charge is 0.366 e. The van der Waals surface area contributed by atoms with Crippen molar-refractivity contribution in [1.82, 2.24) is 15.0 Å². The first kappa shape index (κ1) is 14.0. The minimum absolute atomic E-state index is 0.575. The van der Waals surface area contributed by atoms with E-state index >= 15 is 0 Å². The highest BCUT2D eigenvalue weighted by Crippen LogP contribution is 2.18. The highest BCUT2D eigenvalue weighted by Gasteiger charge is 2.02. The van der Waals surface area contributed by atoms with Crippen molar-refractivity contribution in [3.05, 3.63) is 72.2 Å². The zero-order valence-electron chi connectivity index (χ0n) is 12.3. The summed E-state index contributed by atoms with van der Waals surface area (Å²) in [5, 5.41) is 6.51. The Labute approximate surface area is 129 Å². The van der Waals surface area contributed by atoms with E-state index < -0.39 is 0 Å². The maximum Gasteiger partial charge on any atom is 0.229 e. The van der Waals surface area contributed by atoms with Crippen molar-refractivity contribution in [3.8, 4) is 0 Å². The zero-order chi connectivity index (χ0) is 15.2. The van der Waals surface area contributed by atoms with Crippen molar-refractivity contribution in [3.63, 3.8) is 0 Å². The molecule has 0 aliphatic carbocycles. The van der Waals surface area contributed by atoms with E-state index in [1.54, 1.807) is 12.4 Å². The maximum atomic E-state index is 4.47. The quantitative estimate of drug-likeness (QED) is 0.753. The molecular weight excluding hydrogens is 274 g/mol. The van der Waals surface area contributed by atoms with Crippen LogP contribution < -0.4 is 10.6 Å². The Hall–Kier alpha value is -2.95. The number of pyridine rings is 1. The van der Waals surface area contributed by atoms with E-state index in [2.05, 4.69) is 25.6 Å². The molecule has 0 aliphatic rings. The van der Waals surface area contributed by atoms with Gasteiger partial charge in [0.15, 0.2) is 0 Å². The fourth-order valence-corrected chi connectivity index (χ4v) is 2.05. The van der Waals surface area contributed by atoms with Crippen LogP contribution in [-0.4, -0.2) is 15.0 Å². The summed E-state index contributed by atoms with van der Waals surface area (Å²) in [6.07, 6.45) is 5.33. The number of rotatable bonds is 5. The maximum absolute atomic E-state index is 4.47. The summed E-state index contributed by atoms with van der Waals surface area (Å²) < 4.78 is 0. The van der Waals surface area contributed by atoms with Gasteiger partial charge in [0.25, 0.3) is 0 Å². The normalized spacial score (nSPS) is 10.2. The molecule has 2 heterocycles. The second kappa shape index (κ2) is 6.67. The first-order valence-electron chi connectivity index (χ1n) is 7.10. The third kappa shape index (κ3) is 3.58. The predicted molar refractivity (Wildman–Crippen MR) is 88.1 cm³/mol. The molecule has 0 unspecified atom stereocenters. The van der Waals surface area contributed by atoms with Crippen LogP contribution in [0.5, 0.6) is 0 Å².